The molecule has 0 bridgehead atoms. The fraction of sp³-hybridized carbons (Fsp3) is 0.286. The van der Waals surface area contributed by atoms with Gasteiger partial charge < -0.3 is 9.84 Å². The van der Waals surface area contributed by atoms with Crippen LogP contribution in [-0.2, 0) is 10.5 Å². The summed E-state index contributed by atoms with van der Waals surface area (Å²) in [5, 5.41) is 5.81. The number of aryl methyl sites for hydroxylation is 1. The quantitative estimate of drug-likeness (QED) is 0.918. The fourth-order valence-electron chi connectivity index (χ4n) is 1.60. The van der Waals surface area contributed by atoms with E-state index >= 15 is 0 Å². The summed E-state index contributed by atoms with van der Waals surface area (Å²) in [6.45, 7) is 3.40. The second-order valence-electron chi connectivity index (χ2n) is 4.48. The van der Waals surface area contributed by atoms with Gasteiger partial charge in [0.25, 0.3) is 0 Å². The fourth-order valence-corrected chi connectivity index (χ4v) is 2.47. The number of carbonyl (C=O) groups is 1. The van der Waals surface area contributed by atoms with Gasteiger partial charge in [-0.1, -0.05) is 17.3 Å². The van der Waals surface area contributed by atoms with Crippen molar-refractivity contribution < 1.29 is 18.1 Å². The zero-order valence-corrected chi connectivity index (χ0v) is 12.3. The zero-order valence-electron chi connectivity index (χ0n) is 11.5. The summed E-state index contributed by atoms with van der Waals surface area (Å²) in [5.74, 6) is -0.900. The Bertz CT molecular complexity index is 646. The molecule has 0 fully saturated rings. The van der Waals surface area contributed by atoms with Gasteiger partial charge in [-0.3, -0.25) is 4.79 Å². The molecule has 0 aliphatic heterocycles. The second kappa shape index (κ2) is 6.71. The molecule has 2 aromatic rings. The van der Waals surface area contributed by atoms with E-state index in [1.165, 1.54) is 23.9 Å². The molecule has 112 valence electrons. The maximum atomic E-state index is 13.5. The number of carbonyl (C=O) groups excluding carboxylic acids is 1. The van der Waals surface area contributed by atoms with Gasteiger partial charge in [-0.2, -0.15) is 0 Å². The Morgan fingerprint density at radius 3 is 2.90 bits per heavy atom. The Labute approximate surface area is 124 Å². The average molecular weight is 312 g/mol. The second-order valence-corrected chi connectivity index (χ2v) is 5.81. The zero-order chi connectivity index (χ0) is 15.4. The topological polar surface area (TPSA) is 55.1 Å². The van der Waals surface area contributed by atoms with Gasteiger partial charge in [-0.15, -0.1) is 11.8 Å². The predicted octanol–water partition coefficient (Wildman–Crippen LogP) is 3.52. The largest absolute Gasteiger partial charge is 0.360 e. The number of rotatable bonds is 5. The number of nitrogens with zero attached hydrogens (tertiary/aromatic N) is 1. The lowest BCUT2D eigenvalue weighted by Crippen LogP contribution is -2.22. The first-order chi connectivity index (χ1) is 9.97. The van der Waals surface area contributed by atoms with Gasteiger partial charge in [0.15, 0.2) is 17.5 Å². The van der Waals surface area contributed by atoms with E-state index in [0.717, 1.165) is 6.07 Å². The highest BCUT2D eigenvalue weighted by molar-refractivity contribution is 7.99. The standard InChI is InChI=1S/C14H14F2N2O2S/c1-8-6-12(18-20-8)17-14(19)9(2)21-7-10-4-3-5-11(15)13(10)16/h3-6,9H,7H2,1-2H3,(H,17,18,19)/t9-/m0/s1. The molecule has 0 unspecified atom stereocenters. The molecule has 1 N–H and O–H groups in total. The van der Waals surface area contributed by atoms with Crippen molar-refractivity contribution in [2.24, 2.45) is 0 Å². The monoisotopic (exact) mass is 312 g/mol. The Hall–Kier alpha value is -1.89. The summed E-state index contributed by atoms with van der Waals surface area (Å²) in [5.41, 5.74) is 0.233. The smallest absolute Gasteiger partial charge is 0.238 e. The van der Waals surface area contributed by atoms with E-state index in [0.29, 0.717) is 11.6 Å². The molecule has 1 atom stereocenters. The van der Waals surface area contributed by atoms with Crippen LogP contribution in [0.2, 0.25) is 0 Å². The summed E-state index contributed by atoms with van der Waals surface area (Å²) in [7, 11) is 0. The normalized spacial score (nSPS) is 12.2. The van der Waals surface area contributed by atoms with E-state index in [1.807, 2.05) is 0 Å². The molecular formula is C14H14F2N2O2S. The van der Waals surface area contributed by atoms with Crippen molar-refractivity contribution >= 4 is 23.5 Å². The van der Waals surface area contributed by atoms with Crippen LogP contribution in [0.1, 0.15) is 18.2 Å². The maximum Gasteiger partial charge on any atom is 0.238 e. The van der Waals surface area contributed by atoms with E-state index in [4.69, 9.17) is 4.52 Å². The first-order valence-electron chi connectivity index (χ1n) is 6.26. The predicted molar refractivity (Wildman–Crippen MR) is 77.0 cm³/mol. The summed E-state index contributed by atoms with van der Waals surface area (Å²) >= 11 is 1.21. The van der Waals surface area contributed by atoms with Crippen LogP contribution in [0, 0.1) is 18.6 Å². The number of halogens is 2. The molecule has 21 heavy (non-hydrogen) atoms. The highest BCUT2D eigenvalue weighted by Crippen LogP contribution is 2.22. The summed E-state index contributed by atoms with van der Waals surface area (Å²) in [4.78, 5) is 11.9. The van der Waals surface area contributed by atoms with Crippen molar-refractivity contribution in [3.8, 4) is 0 Å². The molecule has 7 heteroatoms. The lowest BCUT2D eigenvalue weighted by atomic mass is 10.2. The van der Waals surface area contributed by atoms with Crippen molar-refractivity contribution in [2.45, 2.75) is 24.9 Å². The molecule has 1 aromatic heterocycles. The number of thioether (sulfide) groups is 1. The minimum atomic E-state index is -0.886. The first-order valence-corrected chi connectivity index (χ1v) is 7.31. The number of hydrogen-bond acceptors (Lipinski definition) is 4. The van der Waals surface area contributed by atoms with Gasteiger partial charge in [-0.05, 0) is 19.9 Å². The molecule has 1 amide bonds. The van der Waals surface area contributed by atoms with E-state index in [9.17, 15) is 13.6 Å². The van der Waals surface area contributed by atoms with Crippen molar-refractivity contribution in [1.29, 1.82) is 0 Å². The van der Waals surface area contributed by atoms with Gasteiger partial charge in [0, 0.05) is 17.4 Å². The van der Waals surface area contributed by atoms with Gasteiger partial charge in [0.1, 0.15) is 5.76 Å². The van der Waals surface area contributed by atoms with Gasteiger partial charge in [0.05, 0.1) is 5.25 Å². The van der Waals surface area contributed by atoms with Crippen LogP contribution >= 0.6 is 11.8 Å². The lowest BCUT2D eigenvalue weighted by molar-refractivity contribution is -0.115. The molecule has 1 heterocycles. The van der Waals surface area contributed by atoms with Crippen LogP contribution in [0.25, 0.3) is 0 Å². The molecule has 0 saturated carbocycles. The molecular weight excluding hydrogens is 298 g/mol. The van der Waals surface area contributed by atoms with Crippen LogP contribution in [0.4, 0.5) is 14.6 Å². The number of aromatic nitrogens is 1. The number of hydrogen-bond donors (Lipinski definition) is 1. The molecule has 0 spiro atoms. The minimum Gasteiger partial charge on any atom is -0.360 e. The summed E-state index contributed by atoms with van der Waals surface area (Å²) < 4.78 is 31.4. The number of amides is 1. The lowest BCUT2D eigenvalue weighted by Gasteiger charge is -2.10. The Morgan fingerprint density at radius 2 is 2.24 bits per heavy atom. The number of nitrogens with one attached hydrogen (secondary N) is 1. The van der Waals surface area contributed by atoms with Crippen molar-refractivity contribution in [3.05, 3.63) is 47.2 Å². The van der Waals surface area contributed by atoms with Crippen LogP contribution in [0.3, 0.4) is 0 Å². The molecule has 2 rings (SSSR count). The first kappa shape index (κ1) is 15.5. The Balaban J connectivity index is 1.90. The third-order valence-corrected chi connectivity index (χ3v) is 3.96. The van der Waals surface area contributed by atoms with E-state index < -0.39 is 16.9 Å². The third kappa shape index (κ3) is 4.04. The molecule has 0 aliphatic rings. The minimum absolute atomic E-state index is 0.204. The average Bonchev–Trinajstić information content (AvgIpc) is 2.85. The van der Waals surface area contributed by atoms with Gasteiger partial charge in [0.2, 0.25) is 5.91 Å². The van der Waals surface area contributed by atoms with E-state index in [2.05, 4.69) is 10.5 Å². The Morgan fingerprint density at radius 1 is 1.48 bits per heavy atom. The molecule has 4 nitrogen and oxygen atoms in total. The highest BCUT2D eigenvalue weighted by atomic mass is 32.2. The molecule has 0 saturated heterocycles. The summed E-state index contributed by atoms with van der Waals surface area (Å²) in [6.07, 6.45) is 0. The summed E-state index contributed by atoms with van der Waals surface area (Å²) in [6, 6.07) is 5.60. The molecule has 1 aromatic carbocycles. The number of anilines is 1. The van der Waals surface area contributed by atoms with Crippen LogP contribution in [-0.4, -0.2) is 16.3 Å². The highest BCUT2D eigenvalue weighted by Gasteiger charge is 2.17. The van der Waals surface area contributed by atoms with Crippen LogP contribution in [0.5, 0.6) is 0 Å². The van der Waals surface area contributed by atoms with Crippen molar-refractivity contribution in [3.63, 3.8) is 0 Å². The SMILES string of the molecule is Cc1cc(NC(=O)[C@H](C)SCc2cccc(F)c2F)no1. The maximum absolute atomic E-state index is 13.5. The van der Waals surface area contributed by atoms with Crippen LogP contribution < -0.4 is 5.32 Å². The van der Waals surface area contributed by atoms with Crippen molar-refractivity contribution in [1.82, 2.24) is 5.16 Å². The van der Waals surface area contributed by atoms with E-state index in [-0.39, 0.29) is 17.2 Å². The molecule has 0 aliphatic carbocycles. The van der Waals surface area contributed by atoms with Gasteiger partial charge in [-0.25, -0.2) is 8.78 Å². The molecule has 0 radical (unpaired) electrons. The van der Waals surface area contributed by atoms with E-state index in [1.54, 1.807) is 19.9 Å². The van der Waals surface area contributed by atoms with Crippen LogP contribution in [0.15, 0.2) is 28.8 Å². The Kier molecular flexibility index (Phi) is 4.95. The third-order valence-electron chi connectivity index (χ3n) is 2.77. The van der Waals surface area contributed by atoms with Crippen molar-refractivity contribution in [2.75, 3.05) is 5.32 Å². The number of benzene rings is 1. The van der Waals surface area contributed by atoms with Gasteiger partial charge >= 0.3 is 0 Å².